The molecule has 0 aromatic rings. The molecule has 0 radical (unpaired) electrons. The Hall–Kier alpha value is -0.820. The first-order valence-corrected chi connectivity index (χ1v) is 10.7. The second kappa shape index (κ2) is 9.04. The molecule has 0 aromatic heterocycles. The number of nitrogens with one attached hydrogen (secondary N) is 1. The highest BCUT2D eigenvalue weighted by molar-refractivity contribution is 7.92. The second-order valence-electron chi connectivity index (χ2n) is 7.47. The van der Waals surface area contributed by atoms with E-state index in [2.05, 4.69) is 27.0 Å². The van der Waals surface area contributed by atoms with Gasteiger partial charge in [-0.05, 0) is 53.6 Å². The van der Waals surface area contributed by atoms with Crippen molar-refractivity contribution in [3.05, 3.63) is 0 Å². The van der Waals surface area contributed by atoms with Gasteiger partial charge in [-0.15, -0.1) is 0 Å². The fraction of sp³-hybridized carbons (Fsp3) is 0.941. The summed E-state index contributed by atoms with van der Waals surface area (Å²) >= 11 is 0. The Balaban J connectivity index is 2.68. The first kappa shape index (κ1) is 21.2. The summed E-state index contributed by atoms with van der Waals surface area (Å²) in [7, 11) is -1.10. The fourth-order valence-corrected chi connectivity index (χ4v) is 3.91. The van der Waals surface area contributed by atoms with E-state index in [0.29, 0.717) is 12.6 Å². The molecule has 1 aliphatic heterocycles. The molecule has 1 heterocycles. The maximum Gasteiger partial charge on any atom is 0.193 e. The first-order chi connectivity index (χ1) is 11.1. The normalized spacial score (nSPS) is 20.4. The third kappa shape index (κ3) is 5.92. The Morgan fingerprint density at radius 1 is 1.33 bits per heavy atom. The van der Waals surface area contributed by atoms with E-state index in [9.17, 15) is 8.42 Å². The zero-order valence-electron chi connectivity index (χ0n) is 16.3. The standard InChI is InChI=1S/C17H36N4O2S/c1-7-18-16(19-11-13-24(22,23)17(3,4)5)20(6)14-15-10-9-12-21(15)8-2/h15H,7-14H2,1-6H3,(H,18,19). The third-order valence-electron chi connectivity index (χ3n) is 4.64. The predicted octanol–water partition coefficient (Wildman–Crippen LogP) is 1.58. The van der Waals surface area contributed by atoms with Gasteiger partial charge in [0.15, 0.2) is 15.8 Å². The minimum Gasteiger partial charge on any atom is -0.357 e. The number of aliphatic imine (C=N–C) groups is 1. The molecule has 1 N–H and O–H groups in total. The number of likely N-dealkylation sites (N-methyl/N-ethyl adjacent to an activating group) is 2. The van der Waals surface area contributed by atoms with Gasteiger partial charge in [0.25, 0.3) is 0 Å². The lowest BCUT2D eigenvalue weighted by Gasteiger charge is -2.30. The molecule has 1 saturated heterocycles. The molecule has 6 nitrogen and oxygen atoms in total. The van der Waals surface area contributed by atoms with Crippen LogP contribution in [0.1, 0.15) is 47.5 Å². The van der Waals surface area contributed by atoms with Crippen molar-refractivity contribution in [3.63, 3.8) is 0 Å². The molecule has 0 aromatic carbocycles. The lowest BCUT2D eigenvalue weighted by molar-refractivity contribution is 0.233. The number of sulfone groups is 1. The monoisotopic (exact) mass is 360 g/mol. The van der Waals surface area contributed by atoms with Gasteiger partial charge in [-0.1, -0.05) is 6.92 Å². The molecule has 0 bridgehead atoms. The molecule has 142 valence electrons. The van der Waals surface area contributed by atoms with Gasteiger partial charge < -0.3 is 10.2 Å². The minimum atomic E-state index is -3.13. The van der Waals surface area contributed by atoms with E-state index >= 15 is 0 Å². The summed E-state index contributed by atoms with van der Waals surface area (Å²) in [5.41, 5.74) is 0. The number of rotatable bonds is 7. The van der Waals surface area contributed by atoms with Gasteiger partial charge in [0.05, 0.1) is 17.0 Å². The zero-order valence-corrected chi connectivity index (χ0v) is 17.1. The Morgan fingerprint density at radius 3 is 2.54 bits per heavy atom. The number of hydrogen-bond donors (Lipinski definition) is 1. The van der Waals surface area contributed by atoms with Crippen LogP contribution in [0.2, 0.25) is 0 Å². The highest BCUT2D eigenvalue weighted by atomic mass is 32.2. The molecule has 1 fully saturated rings. The van der Waals surface area contributed by atoms with Gasteiger partial charge >= 0.3 is 0 Å². The first-order valence-electron chi connectivity index (χ1n) is 9.08. The van der Waals surface area contributed by atoms with Gasteiger partial charge in [-0.3, -0.25) is 9.89 Å². The maximum atomic E-state index is 12.2. The summed E-state index contributed by atoms with van der Waals surface area (Å²) in [6.45, 7) is 13.7. The zero-order chi connectivity index (χ0) is 18.4. The fourth-order valence-electron chi connectivity index (χ4n) is 2.97. The van der Waals surface area contributed by atoms with Gasteiger partial charge in [-0.2, -0.15) is 0 Å². The molecule has 0 amide bonds. The Kier molecular flexibility index (Phi) is 7.99. The van der Waals surface area contributed by atoms with Crippen molar-refractivity contribution in [2.24, 2.45) is 4.99 Å². The summed E-state index contributed by atoms with van der Waals surface area (Å²) in [6, 6.07) is 0.558. The van der Waals surface area contributed by atoms with Crippen LogP contribution < -0.4 is 5.32 Å². The number of nitrogens with zero attached hydrogens (tertiary/aromatic N) is 3. The highest BCUT2D eigenvalue weighted by Crippen LogP contribution is 2.17. The summed E-state index contributed by atoms with van der Waals surface area (Å²) in [5, 5.41) is 3.28. The third-order valence-corrected chi connectivity index (χ3v) is 7.23. The number of guanidine groups is 1. The highest BCUT2D eigenvalue weighted by Gasteiger charge is 2.28. The van der Waals surface area contributed by atoms with E-state index in [1.165, 1.54) is 19.4 Å². The van der Waals surface area contributed by atoms with Gasteiger partial charge in [-0.25, -0.2) is 8.42 Å². The van der Waals surface area contributed by atoms with Crippen LogP contribution in [0.3, 0.4) is 0 Å². The van der Waals surface area contributed by atoms with E-state index in [4.69, 9.17) is 0 Å². The summed E-state index contributed by atoms with van der Waals surface area (Å²) in [6.07, 6.45) is 2.47. The maximum absolute atomic E-state index is 12.2. The molecule has 1 unspecified atom stereocenters. The van der Waals surface area contributed by atoms with Crippen LogP contribution in [0.15, 0.2) is 4.99 Å². The van der Waals surface area contributed by atoms with E-state index in [-0.39, 0.29) is 5.75 Å². The van der Waals surface area contributed by atoms with Crippen molar-refractivity contribution in [2.75, 3.05) is 45.5 Å². The molecule has 1 rings (SSSR count). The summed E-state index contributed by atoms with van der Waals surface area (Å²) in [5.74, 6) is 0.883. The second-order valence-corrected chi connectivity index (χ2v) is 10.3. The van der Waals surface area contributed by atoms with Crippen LogP contribution >= 0.6 is 0 Å². The predicted molar refractivity (Wildman–Crippen MR) is 102 cm³/mol. The lowest BCUT2D eigenvalue weighted by atomic mass is 10.2. The molecule has 7 heteroatoms. The smallest absolute Gasteiger partial charge is 0.193 e. The van der Waals surface area contributed by atoms with Crippen LogP contribution in [0.25, 0.3) is 0 Å². The molecule has 1 aliphatic rings. The topological polar surface area (TPSA) is 65.0 Å². The van der Waals surface area contributed by atoms with Crippen molar-refractivity contribution in [2.45, 2.75) is 58.2 Å². The minimum absolute atomic E-state index is 0.0871. The van der Waals surface area contributed by atoms with Gasteiger partial charge in [0, 0.05) is 26.2 Å². The molecule has 0 aliphatic carbocycles. The average Bonchev–Trinajstić information content (AvgIpc) is 2.92. The Bertz CT molecular complexity index is 511. The van der Waals surface area contributed by atoms with Crippen LogP contribution in [0, 0.1) is 0 Å². The number of likely N-dealkylation sites (tertiary alicyclic amines) is 1. The van der Waals surface area contributed by atoms with E-state index in [1.54, 1.807) is 20.8 Å². The quantitative estimate of drug-likeness (QED) is 0.552. The molecular weight excluding hydrogens is 324 g/mol. The largest absolute Gasteiger partial charge is 0.357 e. The Morgan fingerprint density at radius 2 is 2.00 bits per heavy atom. The SMILES string of the molecule is CCNC(=NCCS(=O)(=O)C(C)(C)C)N(C)CC1CCCN1CC. The van der Waals surface area contributed by atoms with Crippen molar-refractivity contribution >= 4 is 15.8 Å². The lowest BCUT2D eigenvalue weighted by Crippen LogP contribution is -2.46. The summed E-state index contributed by atoms with van der Waals surface area (Å²) < 4.78 is 23.7. The molecular formula is C17H36N4O2S. The van der Waals surface area contributed by atoms with Crippen LogP contribution in [-0.4, -0.2) is 80.5 Å². The van der Waals surface area contributed by atoms with Crippen molar-refractivity contribution in [1.29, 1.82) is 0 Å². The average molecular weight is 361 g/mol. The van der Waals surface area contributed by atoms with Crippen molar-refractivity contribution in [3.8, 4) is 0 Å². The molecule has 0 saturated carbocycles. The molecule has 0 spiro atoms. The van der Waals surface area contributed by atoms with E-state index in [1.807, 2.05) is 14.0 Å². The molecule has 24 heavy (non-hydrogen) atoms. The van der Waals surface area contributed by atoms with Gasteiger partial charge in [0.1, 0.15) is 0 Å². The summed E-state index contributed by atoms with van der Waals surface area (Å²) in [4.78, 5) is 9.17. The number of hydrogen-bond acceptors (Lipinski definition) is 4. The van der Waals surface area contributed by atoms with Crippen molar-refractivity contribution in [1.82, 2.24) is 15.1 Å². The van der Waals surface area contributed by atoms with Crippen molar-refractivity contribution < 1.29 is 8.42 Å². The van der Waals surface area contributed by atoms with Crippen LogP contribution in [-0.2, 0) is 9.84 Å². The van der Waals surface area contributed by atoms with Gasteiger partial charge in [0.2, 0.25) is 0 Å². The van der Waals surface area contributed by atoms with Crippen LogP contribution in [0.5, 0.6) is 0 Å². The van der Waals surface area contributed by atoms with E-state index in [0.717, 1.165) is 25.6 Å². The Labute approximate surface area is 148 Å². The molecule has 1 atom stereocenters. The van der Waals surface area contributed by atoms with Crippen LogP contribution in [0.4, 0.5) is 0 Å². The van der Waals surface area contributed by atoms with E-state index < -0.39 is 14.6 Å².